The maximum Gasteiger partial charge on any atom is 0.203 e. The van der Waals surface area contributed by atoms with Crippen LogP contribution in [0.5, 0.6) is 17.2 Å². The molecule has 6 nitrogen and oxygen atoms in total. The Bertz CT molecular complexity index is 729. The summed E-state index contributed by atoms with van der Waals surface area (Å²) in [5, 5.41) is 4.67. The van der Waals surface area contributed by atoms with Crippen molar-refractivity contribution in [3.05, 3.63) is 35.7 Å². The van der Waals surface area contributed by atoms with Crippen LogP contribution in [0.15, 0.2) is 24.4 Å². The molecule has 0 bridgehead atoms. The number of rotatable bonds is 6. The third-order valence-corrected chi connectivity index (χ3v) is 5.10. The molecule has 1 atom stereocenters. The highest BCUT2D eigenvalue weighted by atomic mass is 16.5. The number of ether oxygens (including phenoxy) is 3. The normalized spacial score (nSPS) is 18.4. The molecule has 2 aromatic rings. The Morgan fingerprint density at radius 1 is 1.00 bits per heavy atom. The maximum atomic E-state index is 5.68. The summed E-state index contributed by atoms with van der Waals surface area (Å²) < 4.78 is 18.5. The maximum absolute atomic E-state index is 5.68. The van der Waals surface area contributed by atoms with Crippen molar-refractivity contribution in [1.29, 1.82) is 0 Å². The van der Waals surface area contributed by atoms with Gasteiger partial charge in [-0.05, 0) is 31.5 Å². The van der Waals surface area contributed by atoms with Crippen LogP contribution in [-0.2, 0) is 13.6 Å². The van der Waals surface area contributed by atoms with E-state index in [4.69, 9.17) is 14.2 Å². The van der Waals surface area contributed by atoms with Gasteiger partial charge in [-0.3, -0.25) is 9.58 Å². The minimum atomic E-state index is 0.330. The molecule has 1 aromatic carbocycles. The quantitative estimate of drug-likeness (QED) is 0.789. The molecular formula is C20H29N3O3. The molecule has 1 saturated heterocycles. The van der Waals surface area contributed by atoms with Gasteiger partial charge >= 0.3 is 0 Å². The third-order valence-electron chi connectivity index (χ3n) is 5.10. The molecule has 1 aliphatic rings. The highest BCUT2D eigenvalue weighted by Crippen LogP contribution is 2.41. The second-order valence-electron chi connectivity index (χ2n) is 6.74. The standard InChI is InChI=1S/C20H29N3O3/c1-22-13-11-16(21-22)17-8-6-5-7-12-23(17)14-15-9-10-18(24-2)20(26-4)19(15)25-3/h9-11,13,17H,5-8,12,14H2,1-4H3. The third kappa shape index (κ3) is 3.80. The molecule has 0 N–H and O–H groups in total. The smallest absolute Gasteiger partial charge is 0.203 e. The van der Waals surface area contributed by atoms with E-state index in [-0.39, 0.29) is 0 Å². The second-order valence-corrected chi connectivity index (χ2v) is 6.74. The Morgan fingerprint density at radius 2 is 1.81 bits per heavy atom. The van der Waals surface area contributed by atoms with Gasteiger partial charge in [-0.25, -0.2) is 0 Å². The minimum absolute atomic E-state index is 0.330. The van der Waals surface area contributed by atoms with Crippen molar-refractivity contribution in [2.24, 2.45) is 7.05 Å². The van der Waals surface area contributed by atoms with Crippen LogP contribution in [0.2, 0.25) is 0 Å². The van der Waals surface area contributed by atoms with E-state index in [1.807, 2.05) is 24.0 Å². The monoisotopic (exact) mass is 359 g/mol. The second kappa shape index (κ2) is 8.45. The average Bonchev–Trinajstić information content (AvgIpc) is 2.95. The lowest BCUT2D eigenvalue weighted by molar-refractivity contribution is 0.185. The molecule has 6 heteroatoms. The van der Waals surface area contributed by atoms with Crippen LogP contribution in [0.3, 0.4) is 0 Å². The van der Waals surface area contributed by atoms with E-state index in [0.29, 0.717) is 17.5 Å². The number of hydrogen-bond acceptors (Lipinski definition) is 5. The summed E-state index contributed by atoms with van der Waals surface area (Å²) in [4.78, 5) is 2.51. The molecule has 1 aliphatic heterocycles. The van der Waals surface area contributed by atoms with Gasteiger partial charge in [0.1, 0.15) is 0 Å². The fraction of sp³-hybridized carbons (Fsp3) is 0.550. The van der Waals surface area contributed by atoms with Crippen LogP contribution < -0.4 is 14.2 Å². The van der Waals surface area contributed by atoms with Crippen molar-refractivity contribution in [2.45, 2.75) is 38.3 Å². The summed E-state index contributed by atoms with van der Waals surface area (Å²) in [5.41, 5.74) is 2.25. The zero-order valence-electron chi connectivity index (χ0n) is 16.2. The number of nitrogens with zero attached hydrogens (tertiary/aromatic N) is 3. The van der Waals surface area contributed by atoms with E-state index < -0.39 is 0 Å². The van der Waals surface area contributed by atoms with Gasteiger partial charge in [0.05, 0.1) is 33.1 Å². The predicted molar refractivity (Wildman–Crippen MR) is 101 cm³/mol. The van der Waals surface area contributed by atoms with Crippen LogP contribution in [-0.4, -0.2) is 42.6 Å². The topological polar surface area (TPSA) is 48.8 Å². The lowest BCUT2D eigenvalue weighted by atomic mass is 10.1. The molecule has 0 saturated carbocycles. The van der Waals surface area contributed by atoms with Crippen molar-refractivity contribution < 1.29 is 14.2 Å². The van der Waals surface area contributed by atoms with Crippen molar-refractivity contribution >= 4 is 0 Å². The highest BCUT2D eigenvalue weighted by molar-refractivity contribution is 5.55. The van der Waals surface area contributed by atoms with Crippen LogP contribution in [0, 0.1) is 0 Å². The fourth-order valence-electron chi connectivity index (χ4n) is 3.81. The molecular weight excluding hydrogens is 330 g/mol. The number of likely N-dealkylation sites (tertiary alicyclic amines) is 1. The molecule has 142 valence electrons. The van der Waals surface area contributed by atoms with Gasteiger partial charge in [-0.15, -0.1) is 0 Å². The SMILES string of the molecule is COc1ccc(CN2CCCCCC2c2ccn(C)n2)c(OC)c1OC. The van der Waals surface area contributed by atoms with E-state index in [9.17, 15) is 0 Å². The van der Waals surface area contributed by atoms with Crippen LogP contribution >= 0.6 is 0 Å². The van der Waals surface area contributed by atoms with Crippen molar-refractivity contribution in [2.75, 3.05) is 27.9 Å². The Morgan fingerprint density at radius 3 is 2.46 bits per heavy atom. The van der Waals surface area contributed by atoms with Gasteiger partial charge in [-0.2, -0.15) is 5.10 Å². The first-order chi connectivity index (χ1) is 12.7. The van der Waals surface area contributed by atoms with Crippen LogP contribution in [0.25, 0.3) is 0 Å². The van der Waals surface area contributed by atoms with E-state index in [0.717, 1.165) is 36.5 Å². The fourth-order valence-corrected chi connectivity index (χ4v) is 3.81. The summed E-state index contributed by atoms with van der Waals surface area (Å²) in [6.45, 7) is 1.85. The van der Waals surface area contributed by atoms with Crippen LogP contribution in [0.1, 0.15) is 43.0 Å². The Kier molecular flexibility index (Phi) is 6.04. The van der Waals surface area contributed by atoms with E-state index in [2.05, 4.69) is 22.1 Å². The van der Waals surface area contributed by atoms with Crippen molar-refractivity contribution in [3.8, 4) is 17.2 Å². The van der Waals surface area contributed by atoms with Gasteiger partial charge in [0, 0.05) is 25.4 Å². The summed E-state index contributed by atoms with van der Waals surface area (Å²) in [6.07, 6.45) is 6.87. The van der Waals surface area contributed by atoms with Gasteiger partial charge in [0.25, 0.3) is 0 Å². The lowest BCUT2D eigenvalue weighted by Gasteiger charge is -2.29. The Balaban J connectivity index is 1.92. The molecule has 26 heavy (non-hydrogen) atoms. The molecule has 0 spiro atoms. The largest absolute Gasteiger partial charge is 0.493 e. The van der Waals surface area contributed by atoms with Gasteiger partial charge in [-0.1, -0.05) is 18.9 Å². The number of hydrogen-bond donors (Lipinski definition) is 0. The summed E-state index contributed by atoms with van der Waals surface area (Å²) in [7, 11) is 6.94. The average molecular weight is 359 g/mol. The first-order valence-corrected chi connectivity index (χ1v) is 9.19. The van der Waals surface area contributed by atoms with Crippen molar-refractivity contribution in [3.63, 3.8) is 0 Å². The highest BCUT2D eigenvalue weighted by Gasteiger charge is 2.26. The number of benzene rings is 1. The summed E-state index contributed by atoms with van der Waals surface area (Å²) in [6, 6.07) is 6.48. The molecule has 1 aromatic heterocycles. The lowest BCUT2D eigenvalue weighted by Crippen LogP contribution is -2.28. The molecule has 2 heterocycles. The molecule has 0 radical (unpaired) electrons. The number of aromatic nitrogens is 2. The van der Waals surface area contributed by atoms with E-state index in [1.54, 1.807) is 21.3 Å². The number of methoxy groups -OCH3 is 3. The molecule has 0 aliphatic carbocycles. The molecule has 1 unspecified atom stereocenters. The number of aryl methyl sites for hydroxylation is 1. The Labute approximate surface area is 155 Å². The van der Waals surface area contributed by atoms with Crippen molar-refractivity contribution in [1.82, 2.24) is 14.7 Å². The van der Waals surface area contributed by atoms with E-state index in [1.165, 1.54) is 19.3 Å². The van der Waals surface area contributed by atoms with Gasteiger partial charge < -0.3 is 14.2 Å². The van der Waals surface area contributed by atoms with Gasteiger partial charge in [0.15, 0.2) is 11.5 Å². The molecule has 0 amide bonds. The first kappa shape index (κ1) is 18.6. The van der Waals surface area contributed by atoms with E-state index >= 15 is 0 Å². The minimum Gasteiger partial charge on any atom is -0.493 e. The molecule has 3 rings (SSSR count). The molecule has 1 fully saturated rings. The first-order valence-electron chi connectivity index (χ1n) is 9.19. The summed E-state index contributed by atoms with van der Waals surface area (Å²) in [5.74, 6) is 2.08. The summed E-state index contributed by atoms with van der Waals surface area (Å²) >= 11 is 0. The van der Waals surface area contributed by atoms with Gasteiger partial charge in [0.2, 0.25) is 5.75 Å². The van der Waals surface area contributed by atoms with Crippen LogP contribution in [0.4, 0.5) is 0 Å². The zero-order chi connectivity index (χ0) is 18.5. The zero-order valence-corrected chi connectivity index (χ0v) is 16.2. The Hall–Kier alpha value is -2.21. The predicted octanol–water partition coefficient (Wildman–Crippen LogP) is 3.56.